The van der Waals surface area contributed by atoms with E-state index >= 15 is 0 Å². The predicted molar refractivity (Wildman–Crippen MR) is 222 cm³/mol. The molecule has 0 radical (unpaired) electrons. The fourth-order valence-corrected chi connectivity index (χ4v) is 7.26. The maximum Gasteiger partial charge on any atom is 0.164 e. The predicted octanol–water partition coefficient (Wildman–Crippen LogP) is 11.8. The van der Waals surface area contributed by atoms with E-state index in [2.05, 4.69) is 137 Å². The third-order valence-corrected chi connectivity index (χ3v) is 9.97. The molecule has 0 aliphatic rings. The van der Waals surface area contributed by atoms with Crippen molar-refractivity contribution in [2.45, 2.75) is 0 Å². The largest absolute Gasteiger partial charge is 0.290 e. The van der Waals surface area contributed by atoms with E-state index < -0.39 is 0 Å². The summed E-state index contributed by atoms with van der Waals surface area (Å²) in [6.07, 6.45) is 1.81. The Morgan fingerprint density at radius 2 is 0.855 bits per heavy atom. The summed E-state index contributed by atoms with van der Waals surface area (Å²) in [6, 6.07) is 64.5. The molecule has 3 heterocycles. The first kappa shape index (κ1) is 32.1. The number of hydrogen-bond acceptors (Lipinski definition) is 5. The first-order valence-electron chi connectivity index (χ1n) is 18.3. The number of imidazole rings is 1. The van der Waals surface area contributed by atoms with E-state index in [9.17, 15) is 0 Å². The number of hydrogen-bond donors (Lipinski definition) is 0. The molecule has 0 bridgehead atoms. The van der Waals surface area contributed by atoms with Crippen LogP contribution in [0.2, 0.25) is 0 Å². The van der Waals surface area contributed by atoms with Gasteiger partial charge in [0.25, 0.3) is 0 Å². The highest BCUT2D eigenvalue weighted by molar-refractivity contribution is 6.02. The minimum Gasteiger partial charge on any atom is -0.290 e. The minimum atomic E-state index is 0.622. The highest BCUT2D eigenvalue weighted by atomic mass is 15.1. The topological polar surface area (TPSA) is 69.4 Å². The van der Waals surface area contributed by atoms with Crippen LogP contribution in [0.5, 0.6) is 0 Å². The fourth-order valence-electron chi connectivity index (χ4n) is 7.26. The molecule has 6 nitrogen and oxygen atoms in total. The quantitative estimate of drug-likeness (QED) is 0.165. The Morgan fingerprint density at radius 3 is 1.51 bits per heavy atom. The van der Waals surface area contributed by atoms with E-state index in [-0.39, 0.29) is 0 Å². The molecule has 0 aliphatic heterocycles. The van der Waals surface area contributed by atoms with Crippen LogP contribution in [0.3, 0.4) is 0 Å². The smallest absolute Gasteiger partial charge is 0.164 e. The lowest BCUT2D eigenvalue weighted by Crippen LogP contribution is -2.00. The van der Waals surface area contributed by atoms with Gasteiger partial charge in [0.1, 0.15) is 5.69 Å². The van der Waals surface area contributed by atoms with Crippen molar-refractivity contribution in [3.05, 3.63) is 194 Å². The molecule has 0 saturated carbocycles. The molecule has 258 valence electrons. The van der Waals surface area contributed by atoms with Gasteiger partial charge in [-0.15, -0.1) is 0 Å². The SMILES string of the molecule is c1ccc(-c2ccc(-c3nc(-c4ccccc4)nc(-c4ccc(-c5ccc(-n6c(-c7ccccn7)nc7ccccc76)c6ccccc56)cc4)n3)cc2)cc1. The molecule has 3 aromatic heterocycles. The van der Waals surface area contributed by atoms with Crippen LogP contribution in [0.15, 0.2) is 194 Å². The summed E-state index contributed by atoms with van der Waals surface area (Å²) in [5.41, 5.74) is 11.2. The first-order valence-corrected chi connectivity index (χ1v) is 18.3. The van der Waals surface area contributed by atoms with Crippen molar-refractivity contribution < 1.29 is 0 Å². The molecule has 10 aromatic rings. The van der Waals surface area contributed by atoms with E-state index in [1.807, 2.05) is 66.9 Å². The average molecular weight is 705 g/mol. The summed E-state index contributed by atoms with van der Waals surface area (Å²) < 4.78 is 2.23. The Labute approximate surface area is 318 Å². The van der Waals surface area contributed by atoms with Gasteiger partial charge in [-0.25, -0.2) is 19.9 Å². The summed E-state index contributed by atoms with van der Waals surface area (Å²) in [6.45, 7) is 0. The minimum absolute atomic E-state index is 0.622. The van der Waals surface area contributed by atoms with Gasteiger partial charge in [-0.1, -0.05) is 158 Å². The Balaban J connectivity index is 1.05. The molecule has 10 rings (SSSR count). The molecule has 55 heavy (non-hydrogen) atoms. The number of nitrogens with zero attached hydrogens (tertiary/aromatic N) is 6. The monoisotopic (exact) mass is 704 g/mol. The average Bonchev–Trinajstić information content (AvgIpc) is 3.66. The number of rotatable bonds is 7. The van der Waals surface area contributed by atoms with Gasteiger partial charge in [-0.3, -0.25) is 9.55 Å². The second kappa shape index (κ2) is 13.8. The highest BCUT2D eigenvalue weighted by Gasteiger charge is 2.19. The van der Waals surface area contributed by atoms with Crippen LogP contribution in [-0.4, -0.2) is 29.5 Å². The van der Waals surface area contributed by atoms with Gasteiger partial charge in [0, 0.05) is 28.3 Å². The second-order valence-corrected chi connectivity index (χ2v) is 13.3. The summed E-state index contributed by atoms with van der Waals surface area (Å²) in [7, 11) is 0. The standard InChI is InChI=1S/C49H32N6/c1-3-13-33(14-4-1)34-22-26-37(27-23-34)47-52-46(36-15-5-2-6-16-36)53-48(54-47)38-28-24-35(25-29-38)39-30-31-44(41-18-8-7-17-40(39)41)55-45-21-10-9-19-42(45)51-49(55)43-20-11-12-32-50-43/h1-32H. The van der Waals surface area contributed by atoms with Crippen molar-refractivity contribution in [1.82, 2.24) is 29.5 Å². The molecule has 7 aromatic carbocycles. The van der Waals surface area contributed by atoms with Gasteiger partial charge in [-0.05, 0) is 58.0 Å². The zero-order valence-electron chi connectivity index (χ0n) is 29.7. The van der Waals surface area contributed by atoms with Crippen molar-refractivity contribution in [2.75, 3.05) is 0 Å². The van der Waals surface area contributed by atoms with Gasteiger partial charge in [0.15, 0.2) is 23.3 Å². The van der Waals surface area contributed by atoms with E-state index in [0.717, 1.165) is 72.4 Å². The van der Waals surface area contributed by atoms with Crippen molar-refractivity contribution in [1.29, 1.82) is 0 Å². The lowest BCUT2D eigenvalue weighted by molar-refractivity contribution is 1.07. The van der Waals surface area contributed by atoms with Crippen molar-refractivity contribution >= 4 is 21.8 Å². The molecule has 0 aliphatic carbocycles. The number of aromatic nitrogens is 6. The number of para-hydroxylation sites is 2. The number of pyridine rings is 1. The van der Waals surface area contributed by atoms with E-state index in [1.165, 1.54) is 5.56 Å². The molecule has 0 amide bonds. The zero-order chi connectivity index (χ0) is 36.6. The van der Waals surface area contributed by atoms with E-state index in [4.69, 9.17) is 19.9 Å². The normalized spacial score (nSPS) is 11.3. The highest BCUT2D eigenvalue weighted by Crippen LogP contribution is 2.37. The molecular formula is C49H32N6. The molecule has 0 atom stereocenters. The fraction of sp³-hybridized carbons (Fsp3) is 0. The maximum atomic E-state index is 5.04. The van der Waals surface area contributed by atoms with Gasteiger partial charge in [-0.2, -0.15) is 0 Å². The Kier molecular flexibility index (Phi) is 8.04. The Morgan fingerprint density at radius 1 is 0.345 bits per heavy atom. The number of fused-ring (bicyclic) bond motifs is 2. The van der Waals surface area contributed by atoms with Gasteiger partial charge < -0.3 is 0 Å². The lowest BCUT2D eigenvalue weighted by atomic mass is 9.96. The molecule has 6 heteroatoms. The van der Waals surface area contributed by atoms with Crippen molar-refractivity contribution in [2.24, 2.45) is 0 Å². The van der Waals surface area contributed by atoms with Gasteiger partial charge in [0.05, 0.1) is 16.7 Å². The van der Waals surface area contributed by atoms with Crippen LogP contribution in [0.4, 0.5) is 0 Å². The third-order valence-electron chi connectivity index (χ3n) is 9.97. The summed E-state index contributed by atoms with van der Waals surface area (Å²) in [4.78, 5) is 24.6. The third kappa shape index (κ3) is 6.02. The van der Waals surface area contributed by atoms with Crippen molar-refractivity contribution in [3.63, 3.8) is 0 Å². The van der Waals surface area contributed by atoms with Crippen LogP contribution in [0.1, 0.15) is 0 Å². The van der Waals surface area contributed by atoms with Crippen LogP contribution in [-0.2, 0) is 0 Å². The zero-order valence-corrected chi connectivity index (χ0v) is 29.7. The second-order valence-electron chi connectivity index (χ2n) is 13.3. The summed E-state index contributed by atoms with van der Waals surface area (Å²) in [5.74, 6) is 2.70. The summed E-state index contributed by atoms with van der Waals surface area (Å²) in [5, 5.41) is 2.27. The molecular weight excluding hydrogens is 673 g/mol. The number of benzene rings is 7. The maximum absolute atomic E-state index is 5.04. The molecule has 0 saturated heterocycles. The molecule has 0 unspecified atom stereocenters. The van der Waals surface area contributed by atoms with Crippen molar-refractivity contribution in [3.8, 4) is 73.6 Å². The van der Waals surface area contributed by atoms with Crippen LogP contribution < -0.4 is 0 Å². The lowest BCUT2D eigenvalue weighted by Gasteiger charge is -2.15. The van der Waals surface area contributed by atoms with Crippen LogP contribution >= 0.6 is 0 Å². The summed E-state index contributed by atoms with van der Waals surface area (Å²) >= 11 is 0. The Bertz CT molecular complexity index is 2940. The van der Waals surface area contributed by atoms with E-state index in [0.29, 0.717) is 17.5 Å². The Hall–Kier alpha value is -7.57. The molecule has 0 spiro atoms. The van der Waals surface area contributed by atoms with Crippen LogP contribution in [0, 0.1) is 0 Å². The molecule has 0 N–H and O–H groups in total. The van der Waals surface area contributed by atoms with Crippen LogP contribution in [0.25, 0.3) is 95.4 Å². The van der Waals surface area contributed by atoms with Gasteiger partial charge in [0.2, 0.25) is 0 Å². The van der Waals surface area contributed by atoms with E-state index in [1.54, 1.807) is 0 Å². The molecule has 0 fully saturated rings. The van der Waals surface area contributed by atoms with Gasteiger partial charge >= 0.3 is 0 Å². The first-order chi connectivity index (χ1) is 27.3.